The third-order valence-corrected chi connectivity index (χ3v) is 6.19. The summed E-state index contributed by atoms with van der Waals surface area (Å²) in [6.07, 6.45) is 0.0846. The monoisotopic (exact) mass is 392 g/mol. The maximum Gasteiger partial charge on any atom is 0.243 e. The van der Waals surface area contributed by atoms with E-state index in [0.29, 0.717) is 31.9 Å². The average Bonchev–Trinajstić information content (AvgIpc) is 2.67. The lowest BCUT2D eigenvalue weighted by Crippen LogP contribution is -2.40. The standard InChI is InChI=1S/C19H21FN2O4S/c20-17-3-1-2-16(12-17)13-19(23)21-14-15-4-6-18(7-5-15)27(24,25)22-8-10-26-11-9-22/h1-7,12H,8-11,13-14H2,(H,21,23). The molecule has 0 aliphatic carbocycles. The van der Waals surface area contributed by atoms with E-state index in [4.69, 9.17) is 4.74 Å². The first-order valence-corrected chi connectivity index (χ1v) is 10.1. The summed E-state index contributed by atoms with van der Waals surface area (Å²) in [5.74, 6) is -0.608. The number of rotatable bonds is 6. The number of benzene rings is 2. The average molecular weight is 392 g/mol. The van der Waals surface area contributed by atoms with Crippen molar-refractivity contribution in [2.45, 2.75) is 17.9 Å². The molecular weight excluding hydrogens is 371 g/mol. The number of carbonyl (C=O) groups excluding carboxylic acids is 1. The van der Waals surface area contributed by atoms with Gasteiger partial charge in [0.2, 0.25) is 15.9 Å². The second kappa shape index (κ2) is 8.60. The number of nitrogens with zero attached hydrogens (tertiary/aromatic N) is 1. The number of amides is 1. The highest BCUT2D eigenvalue weighted by Crippen LogP contribution is 2.17. The minimum Gasteiger partial charge on any atom is -0.379 e. The van der Waals surface area contributed by atoms with Crippen molar-refractivity contribution in [1.82, 2.24) is 9.62 Å². The predicted molar refractivity (Wildman–Crippen MR) is 98.0 cm³/mol. The van der Waals surface area contributed by atoms with Crippen molar-refractivity contribution in [2.24, 2.45) is 0 Å². The number of morpholine rings is 1. The van der Waals surface area contributed by atoms with Crippen LogP contribution in [0.3, 0.4) is 0 Å². The molecule has 0 aromatic heterocycles. The quantitative estimate of drug-likeness (QED) is 0.812. The number of carbonyl (C=O) groups is 1. The molecule has 1 aliphatic heterocycles. The lowest BCUT2D eigenvalue weighted by molar-refractivity contribution is -0.120. The van der Waals surface area contributed by atoms with Gasteiger partial charge in [0.1, 0.15) is 5.82 Å². The molecule has 2 aromatic carbocycles. The van der Waals surface area contributed by atoms with Crippen molar-refractivity contribution in [1.29, 1.82) is 0 Å². The molecule has 3 rings (SSSR count). The number of nitrogens with one attached hydrogen (secondary N) is 1. The summed E-state index contributed by atoms with van der Waals surface area (Å²) >= 11 is 0. The van der Waals surface area contributed by atoms with Crippen molar-refractivity contribution in [2.75, 3.05) is 26.3 Å². The zero-order valence-corrected chi connectivity index (χ0v) is 15.5. The number of sulfonamides is 1. The Labute approximate surface area is 158 Å². The molecule has 0 saturated carbocycles. The molecule has 2 aromatic rings. The Morgan fingerprint density at radius 3 is 2.44 bits per heavy atom. The van der Waals surface area contributed by atoms with E-state index in [-0.39, 0.29) is 29.6 Å². The first-order chi connectivity index (χ1) is 12.9. The summed E-state index contributed by atoms with van der Waals surface area (Å²) in [5, 5.41) is 2.75. The number of ether oxygens (including phenoxy) is 1. The SMILES string of the molecule is O=C(Cc1cccc(F)c1)NCc1ccc(S(=O)(=O)N2CCOCC2)cc1. The molecule has 1 heterocycles. The third-order valence-electron chi connectivity index (χ3n) is 4.27. The van der Waals surface area contributed by atoms with Crippen LogP contribution in [-0.2, 0) is 32.5 Å². The summed E-state index contributed by atoms with van der Waals surface area (Å²) in [6, 6.07) is 12.3. The molecule has 144 valence electrons. The van der Waals surface area contributed by atoms with Crippen LogP contribution in [0.5, 0.6) is 0 Å². The normalized spacial score (nSPS) is 15.4. The second-order valence-corrected chi connectivity index (χ2v) is 8.18. The van der Waals surface area contributed by atoms with Gasteiger partial charge in [0.05, 0.1) is 24.5 Å². The largest absolute Gasteiger partial charge is 0.379 e. The number of hydrogen-bond acceptors (Lipinski definition) is 4. The van der Waals surface area contributed by atoms with Crippen LogP contribution in [0.15, 0.2) is 53.4 Å². The molecule has 6 nitrogen and oxygen atoms in total. The fourth-order valence-electron chi connectivity index (χ4n) is 2.81. The fourth-order valence-corrected chi connectivity index (χ4v) is 4.22. The molecule has 0 bridgehead atoms. The van der Waals surface area contributed by atoms with Crippen LogP contribution < -0.4 is 5.32 Å². The van der Waals surface area contributed by atoms with Gasteiger partial charge < -0.3 is 10.1 Å². The van der Waals surface area contributed by atoms with Gasteiger partial charge in [-0.1, -0.05) is 24.3 Å². The minimum atomic E-state index is -3.52. The molecule has 1 aliphatic rings. The Morgan fingerprint density at radius 2 is 1.78 bits per heavy atom. The molecule has 27 heavy (non-hydrogen) atoms. The summed E-state index contributed by atoms with van der Waals surface area (Å²) in [5.41, 5.74) is 1.38. The summed E-state index contributed by atoms with van der Waals surface area (Å²) in [4.78, 5) is 12.2. The van der Waals surface area contributed by atoms with Gasteiger partial charge in [-0.25, -0.2) is 12.8 Å². The van der Waals surface area contributed by atoms with Crippen LogP contribution in [-0.4, -0.2) is 44.9 Å². The highest BCUT2D eigenvalue weighted by atomic mass is 32.2. The van der Waals surface area contributed by atoms with E-state index in [0.717, 1.165) is 5.56 Å². The van der Waals surface area contributed by atoms with Crippen LogP contribution in [0, 0.1) is 5.82 Å². The Kier molecular flexibility index (Phi) is 6.20. The lowest BCUT2D eigenvalue weighted by Gasteiger charge is -2.26. The summed E-state index contributed by atoms with van der Waals surface area (Å²) in [6.45, 7) is 1.76. The molecule has 1 fully saturated rings. The third kappa shape index (κ3) is 5.12. The van der Waals surface area contributed by atoms with Crippen molar-refractivity contribution >= 4 is 15.9 Å². The molecule has 8 heteroatoms. The van der Waals surface area contributed by atoms with E-state index < -0.39 is 10.0 Å². The van der Waals surface area contributed by atoms with Crippen LogP contribution >= 0.6 is 0 Å². The summed E-state index contributed by atoms with van der Waals surface area (Å²) in [7, 11) is -3.52. The zero-order valence-electron chi connectivity index (χ0n) is 14.7. The highest BCUT2D eigenvalue weighted by molar-refractivity contribution is 7.89. The van der Waals surface area contributed by atoms with Crippen LogP contribution in [0.1, 0.15) is 11.1 Å². The van der Waals surface area contributed by atoms with Gasteiger partial charge in [0.25, 0.3) is 0 Å². The van der Waals surface area contributed by atoms with Crippen molar-refractivity contribution < 1.29 is 22.3 Å². The first kappa shape index (κ1) is 19.5. The van der Waals surface area contributed by atoms with Crippen LogP contribution in [0.2, 0.25) is 0 Å². The van der Waals surface area contributed by atoms with E-state index in [1.807, 2.05) is 0 Å². The molecule has 1 amide bonds. The van der Waals surface area contributed by atoms with Gasteiger partial charge in [0.15, 0.2) is 0 Å². The molecule has 1 N–H and O–H groups in total. The van der Waals surface area contributed by atoms with Gasteiger partial charge >= 0.3 is 0 Å². The molecular formula is C19H21FN2O4S. The Bertz CT molecular complexity index is 894. The topological polar surface area (TPSA) is 75.7 Å². The van der Waals surface area contributed by atoms with Gasteiger partial charge in [-0.05, 0) is 35.4 Å². The molecule has 0 unspecified atom stereocenters. The molecule has 0 radical (unpaired) electrons. The molecule has 1 saturated heterocycles. The minimum absolute atomic E-state index is 0.0846. The Morgan fingerprint density at radius 1 is 1.07 bits per heavy atom. The molecule has 0 spiro atoms. The second-order valence-electron chi connectivity index (χ2n) is 6.24. The number of halogens is 1. The van der Waals surface area contributed by atoms with Crippen molar-refractivity contribution in [3.05, 3.63) is 65.5 Å². The maximum absolute atomic E-state index is 13.1. The fraction of sp³-hybridized carbons (Fsp3) is 0.316. The summed E-state index contributed by atoms with van der Waals surface area (Å²) < 4.78 is 44.9. The zero-order chi connectivity index (χ0) is 19.3. The van der Waals surface area contributed by atoms with E-state index in [1.54, 1.807) is 36.4 Å². The van der Waals surface area contributed by atoms with Gasteiger partial charge in [-0.3, -0.25) is 4.79 Å². The van der Waals surface area contributed by atoms with Gasteiger partial charge in [-0.2, -0.15) is 4.31 Å². The number of hydrogen-bond donors (Lipinski definition) is 1. The smallest absolute Gasteiger partial charge is 0.243 e. The first-order valence-electron chi connectivity index (χ1n) is 8.63. The van der Waals surface area contributed by atoms with Crippen LogP contribution in [0.25, 0.3) is 0 Å². The molecule has 0 atom stereocenters. The van der Waals surface area contributed by atoms with E-state index in [2.05, 4.69) is 5.32 Å². The maximum atomic E-state index is 13.1. The Balaban J connectivity index is 1.56. The van der Waals surface area contributed by atoms with E-state index in [9.17, 15) is 17.6 Å². The van der Waals surface area contributed by atoms with Gasteiger partial charge in [-0.15, -0.1) is 0 Å². The van der Waals surface area contributed by atoms with E-state index >= 15 is 0 Å². The Hall–Kier alpha value is -2.29. The van der Waals surface area contributed by atoms with Gasteiger partial charge in [0, 0.05) is 19.6 Å². The van der Waals surface area contributed by atoms with Crippen molar-refractivity contribution in [3.8, 4) is 0 Å². The lowest BCUT2D eigenvalue weighted by atomic mass is 10.1. The highest BCUT2D eigenvalue weighted by Gasteiger charge is 2.26. The van der Waals surface area contributed by atoms with Crippen molar-refractivity contribution in [3.63, 3.8) is 0 Å². The van der Waals surface area contributed by atoms with Crippen LogP contribution in [0.4, 0.5) is 4.39 Å². The van der Waals surface area contributed by atoms with E-state index in [1.165, 1.54) is 16.4 Å². The predicted octanol–water partition coefficient (Wildman–Crippen LogP) is 1.71.